The van der Waals surface area contributed by atoms with E-state index in [1.165, 1.54) is 0 Å². The molecule has 1 aromatic carbocycles. The third-order valence-corrected chi connectivity index (χ3v) is 4.86. The fraction of sp³-hybridized carbons (Fsp3) is 0.278. The molecule has 2 aromatic heterocycles. The molecule has 0 aliphatic heterocycles. The number of benzene rings is 1. The van der Waals surface area contributed by atoms with Crippen molar-refractivity contribution in [3.63, 3.8) is 0 Å². The third-order valence-electron chi connectivity index (χ3n) is 3.76. The molecule has 3 aromatic rings. The number of thiophene rings is 1. The van der Waals surface area contributed by atoms with Crippen molar-refractivity contribution in [2.75, 3.05) is 6.54 Å². The van der Waals surface area contributed by atoms with Crippen LogP contribution in [0.2, 0.25) is 5.02 Å². The average Bonchev–Trinajstić information content (AvgIpc) is 3.28. The Kier molecular flexibility index (Phi) is 5.83. The molecule has 0 unspecified atom stereocenters. The standard InChI is InChI=1S/C18H18ClN3O2S/c1-2-22(12-13-5-3-6-14(19)11-13)17(23)9-8-16-20-18(21-24-16)15-7-4-10-25-15/h3-7,10-11H,2,8-9,12H2,1H3. The van der Waals surface area contributed by atoms with Gasteiger partial charge in [-0.05, 0) is 36.1 Å². The van der Waals surface area contributed by atoms with Gasteiger partial charge < -0.3 is 9.42 Å². The van der Waals surface area contributed by atoms with Crippen molar-refractivity contribution in [1.29, 1.82) is 0 Å². The Hall–Kier alpha value is -2.18. The van der Waals surface area contributed by atoms with Crippen LogP contribution in [-0.2, 0) is 17.8 Å². The summed E-state index contributed by atoms with van der Waals surface area (Å²) in [5.74, 6) is 1.11. The van der Waals surface area contributed by atoms with Crippen LogP contribution in [0.5, 0.6) is 0 Å². The molecule has 0 saturated carbocycles. The van der Waals surface area contributed by atoms with Crippen molar-refractivity contribution in [2.45, 2.75) is 26.3 Å². The van der Waals surface area contributed by atoms with E-state index in [2.05, 4.69) is 10.1 Å². The summed E-state index contributed by atoms with van der Waals surface area (Å²) in [7, 11) is 0. The number of carbonyl (C=O) groups is 1. The molecule has 25 heavy (non-hydrogen) atoms. The molecule has 0 N–H and O–H groups in total. The van der Waals surface area contributed by atoms with Crippen molar-refractivity contribution in [2.24, 2.45) is 0 Å². The Labute approximate surface area is 155 Å². The molecular formula is C18H18ClN3O2S. The molecule has 130 valence electrons. The van der Waals surface area contributed by atoms with Gasteiger partial charge in [-0.3, -0.25) is 4.79 Å². The molecule has 1 amide bonds. The van der Waals surface area contributed by atoms with Gasteiger partial charge >= 0.3 is 0 Å². The summed E-state index contributed by atoms with van der Waals surface area (Å²) in [5, 5.41) is 6.60. The second-order valence-corrected chi connectivity index (χ2v) is 6.91. The lowest BCUT2D eigenvalue weighted by molar-refractivity contribution is -0.131. The summed E-state index contributed by atoms with van der Waals surface area (Å²) in [6, 6.07) is 11.4. The topological polar surface area (TPSA) is 59.2 Å². The first-order valence-corrected chi connectivity index (χ1v) is 9.30. The quantitative estimate of drug-likeness (QED) is 0.612. The van der Waals surface area contributed by atoms with Gasteiger partial charge in [0.15, 0.2) is 0 Å². The molecule has 5 nitrogen and oxygen atoms in total. The van der Waals surface area contributed by atoms with Crippen LogP contribution < -0.4 is 0 Å². The number of hydrogen-bond donors (Lipinski definition) is 0. The van der Waals surface area contributed by atoms with Crippen molar-refractivity contribution in [3.8, 4) is 10.7 Å². The number of carbonyl (C=O) groups excluding carboxylic acids is 1. The zero-order valence-corrected chi connectivity index (χ0v) is 15.4. The first-order chi connectivity index (χ1) is 12.2. The highest BCUT2D eigenvalue weighted by molar-refractivity contribution is 7.13. The summed E-state index contributed by atoms with van der Waals surface area (Å²) in [6.07, 6.45) is 0.768. The first kappa shape index (κ1) is 17.6. The Morgan fingerprint density at radius 3 is 2.92 bits per heavy atom. The molecule has 0 aliphatic rings. The second kappa shape index (κ2) is 8.27. The predicted molar refractivity (Wildman–Crippen MR) is 98.5 cm³/mol. The maximum atomic E-state index is 12.5. The molecule has 0 aliphatic carbocycles. The van der Waals surface area contributed by atoms with Crippen LogP contribution in [0.1, 0.15) is 24.8 Å². The summed E-state index contributed by atoms with van der Waals surface area (Å²) in [6.45, 7) is 3.14. The minimum atomic E-state index is 0.0540. The number of aryl methyl sites for hydroxylation is 1. The Morgan fingerprint density at radius 2 is 2.20 bits per heavy atom. The van der Waals surface area contributed by atoms with Gasteiger partial charge in [-0.2, -0.15) is 4.98 Å². The highest BCUT2D eigenvalue weighted by Gasteiger charge is 2.15. The zero-order valence-electron chi connectivity index (χ0n) is 13.8. The fourth-order valence-corrected chi connectivity index (χ4v) is 3.33. The normalized spacial score (nSPS) is 10.8. The number of nitrogens with zero attached hydrogens (tertiary/aromatic N) is 3. The van der Waals surface area contributed by atoms with E-state index in [1.807, 2.05) is 48.7 Å². The van der Waals surface area contributed by atoms with Gasteiger partial charge in [-0.15, -0.1) is 11.3 Å². The molecule has 0 saturated heterocycles. The molecule has 0 radical (unpaired) electrons. The molecular weight excluding hydrogens is 358 g/mol. The van der Waals surface area contributed by atoms with Crippen LogP contribution >= 0.6 is 22.9 Å². The lowest BCUT2D eigenvalue weighted by atomic mass is 10.2. The van der Waals surface area contributed by atoms with Gasteiger partial charge in [-0.25, -0.2) is 0 Å². The van der Waals surface area contributed by atoms with Crippen LogP contribution in [0.3, 0.4) is 0 Å². The number of halogens is 1. The van der Waals surface area contributed by atoms with Gasteiger partial charge in [0.1, 0.15) is 0 Å². The largest absolute Gasteiger partial charge is 0.339 e. The Morgan fingerprint density at radius 1 is 1.32 bits per heavy atom. The van der Waals surface area contributed by atoms with E-state index in [-0.39, 0.29) is 5.91 Å². The number of hydrogen-bond acceptors (Lipinski definition) is 5. The van der Waals surface area contributed by atoms with Crippen molar-refractivity contribution < 1.29 is 9.32 Å². The van der Waals surface area contributed by atoms with Gasteiger partial charge in [0, 0.05) is 31.0 Å². The Bertz CT molecular complexity index is 832. The van der Waals surface area contributed by atoms with E-state index >= 15 is 0 Å². The van der Waals surface area contributed by atoms with E-state index in [1.54, 1.807) is 16.2 Å². The minimum absolute atomic E-state index is 0.0540. The molecule has 0 spiro atoms. The monoisotopic (exact) mass is 375 g/mol. The molecule has 3 rings (SSSR count). The van der Waals surface area contributed by atoms with Crippen LogP contribution in [0.4, 0.5) is 0 Å². The zero-order chi connectivity index (χ0) is 17.6. The van der Waals surface area contributed by atoms with Gasteiger partial charge in [0.25, 0.3) is 0 Å². The van der Waals surface area contributed by atoms with Gasteiger partial charge in [0.2, 0.25) is 17.6 Å². The maximum absolute atomic E-state index is 12.5. The van der Waals surface area contributed by atoms with Crippen molar-refractivity contribution in [3.05, 3.63) is 58.3 Å². The van der Waals surface area contributed by atoms with Crippen LogP contribution in [0.25, 0.3) is 10.7 Å². The summed E-state index contributed by atoms with van der Waals surface area (Å²) < 4.78 is 5.24. The summed E-state index contributed by atoms with van der Waals surface area (Å²) >= 11 is 7.56. The van der Waals surface area contributed by atoms with E-state index in [0.717, 1.165) is 10.4 Å². The molecule has 0 fully saturated rings. The molecule has 0 bridgehead atoms. The lowest BCUT2D eigenvalue weighted by Crippen LogP contribution is -2.30. The molecule has 7 heteroatoms. The first-order valence-electron chi connectivity index (χ1n) is 8.04. The number of rotatable bonds is 7. The SMILES string of the molecule is CCN(Cc1cccc(Cl)c1)C(=O)CCc1nc(-c2cccs2)no1. The Balaban J connectivity index is 1.57. The fourth-order valence-electron chi connectivity index (χ4n) is 2.47. The van der Waals surface area contributed by atoms with Crippen molar-refractivity contribution in [1.82, 2.24) is 15.0 Å². The maximum Gasteiger partial charge on any atom is 0.227 e. The second-order valence-electron chi connectivity index (χ2n) is 5.53. The van der Waals surface area contributed by atoms with E-state index in [9.17, 15) is 4.79 Å². The third kappa shape index (κ3) is 4.67. The molecule has 0 atom stereocenters. The van der Waals surface area contributed by atoms with E-state index in [0.29, 0.717) is 42.7 Å². The van der Waals surface area contributed by atoms with Crippen LogP contribution in [0.15, 0.2) is 46.3 Å². The molecule has 2 heterocycles. The van der Waals surface area contributed by atoms with Crippen LogP contribution in [-0.4, -0.2) is 27.5 Å². The average molecular weight is 376 g/mol. The number of amides is 1. The number of aromatic nitrogens is 2. The van der Waals surface area contributed by atoms with Gasteiger partial charge in [-0.1, -0.05) is 35.0 Å². The minimum Gasteiger partial charge on any atom is -0.339 e. The van der Waals surface area contributed by atoms with Crippen molar-refractivity contribution >= 4 is 28.8 Å². The highest BCUT2D eigenvalue weighted by Crippen LogP contribution is 2.21. The predicted octanol–water partition coefficient (Wildman–Crippen LogP) is 4.43. The summed E-state index contributed by atoms with van der Waals surface area (Å²) in [5.41, 5.74) is 1.01. The highest BCUT2D eigenvalue weighted by atomic mass is 35.5. The van der Waals surface area contributed by atoms with Gasteiger partial charge in [0.05, 0.1) is 4.88 Å². The van der Waals surface area contributed by atoms with E-state index < -0.39 is 0 Å². The summed E-state index contributed by atoms with van der Waals surface area (Å²) in [4.78, 5) is 19.6. The van der Waals surface area contributed by atoms with Crippen LogP contribution in [0, 0.1) is 0 Å². The smallest absolute Gasteiger partial charge is 0.227 e. The lowest BCUT2D eigenvalue weighted by Gasteiger charge is -2.20. The van der Waals surface area contributed by atoms with E-state index in [4.69, 9.17) is 16.1 Å².